The van der Waals surface area contributed by atoms with Crippen molar-refractivity contribution < 1.29 is 17.6 Å². The van der Waals surface area contributed by atoms with Crippen molar-refractivity contribution >= 4 is 17.3 Å². The molecule has 0 unspecified atom stereocenters. The highest BCUT2D eigenvalue weighted by molar-refractivity contribution is 6.34. The highest BCUT2D eigenvalue weighted by Gasteiger charge is 2.41. The number of rotatable bonds is 0. The summed E-state index contributed by atoms with van der Waals surface area (Å²) in [7, 11) is 0. The molecule has 1 nitrogen and oxygen atoms in total. The van der Waals surface area contributed by atoms with E-state index in [9.17, 15) is 17.6 Å². The standard InChI is InChI=1S/C11H12ClF4N/c1-10(2,3)8-7(11(14,15)16)5(13)4-6(17)9(8)12/h4H,17H2,1-3H3. The fourth-order valence-electron chi connectivity index (χ4n) is 1.63. The summed E-state index contributed by atoms with van der Waals surface area (Å²) in [5.41, 5.74) is 2.58. The van der Waals surface area contributed by atoms with Crippen LogP contribution >= 0.6 is 11.6 Å². The molecule has 1 aromatic carbocycles. The third-order valence-electron chi connectivity index (χ3n) is 2.28. The van der Waals surface area contributed by atoms with Gasteiger partial charge >= 0.3 is 6.18 Å². The van der Waals surface area contributed by atoms with E-state index in [0.717, 1.165) is 0 Å². The van der Waals surface area contributed by atoms with Crippen LogP contribution in [0.25, 0.3) is 0 Å². The molecule has 0 bridgehead atoms. The van der Waals surface area contributed by atoms with Crippen LogP contribution in [0.5, 0.6) is 0 Å². The van der Waals surface area contributed by atoms with E-state index in [2.05, 4.69) is 0 Å². The molecule has 0 atom stereocenters. The predicted molar refractivity (Wildman–Crippen MR) is 59.5 cm³/mol. The van der Waals surface area contributed by atoms with Crippen LogP contribution in [0.3, 0.4) is 0 Å². The Hall–Kier alpha value is -0.970. The van der Waals surface area contributed by atoms with E-state index < -0.39 is 23.0 Å². The summed E-state index contributed by atoms with van der Waals surface area (Å²) in [5.74, 6) is -1.40. The lowest BCUT2D eigenvalue weighted by Gasteiger charge is -2.26. The van der Waals surface area contributed by atoms with Crippen molar-refractivity contribution in [3.63, 3.8) is 0 Å². The van der Waals surface area contributed by atoms with Crippen LogP contribution in [0.2, 0.25) is 5.02 Å². The molecule has 0 aromatic heterocycles. The van der Waals surface area contributed by atoms with E-state index in [-0.39, 0.29) is 16.3 Å². The van der Waals surface area contributed by atoms with E-state index in [1.807, 2.05) is 0 Å². The van der Waals surface area contributed by atoms with Gasteiger partial charge < -0.3 is 5.73 Å². The molecule has 0 aliphatic heterocycles. The second-order valence-corrected chi connectivity index (χ2v) is 5.14. The smallest absolute Gasteiger partial charge is 0.397 e. The monoisotopic (exact) mass is 269 g/mol. The average molecular weight is 270 g/mol. The second kappa shape index (κ2) is 4.05. The summed E-state index contributed by atoms with van der Waals surface area (Å²) < 4.78 is 51.9. The Morgan fingerprint density at radius 3 is 1.94 bits per heavy atom. The maximum Gasteiger partial charge on any atom is 0.419 e. The van der Waals surface area contributed by atoms with Crippen LogP contribution in [0.4, 0.5) is 23.2 Å². The van der Waals surface area contributed by atoms with Crippen LogP contribution in [0.15, 0.2) is 6.07 Å². The molecule has 0 aliphatic carbocycles. The number of nitrogens with two attached hydrogens (primary N) is 1. The molecule has 17 heavy (non-hydrogen) atoms. The molecular weight excluding hydrogens is 258 g/mol. The first-order valence-corrected chi connectivity index (χ1v) is 5.19. The molecule has 96 valence electrons. The minimum absolute atomic E-state index is 0.193. The molecule has 6 heteroatoms. The van der Waals surface area contributed by atoms with Crippen molar-refractivity contribution in [2.45, 2.75) is 32.4 Å². The summed E-state index contributed by atoms with van der Waals surface area (Å²) in [6.07, 6.45) is -4.80. The van der Waals surface area contributed by atoms with E-state index in [4.69, 9.17) is 17.3 Å². The van der Waals surface area contributed by atoms with Crippen LogP contribution in [0.1, 0.15) is 31.9 Å². The van der Waals surface area contributed by atoms with Gasteiger partial charge in [0.1, 0.15) is 5.82 Å². The molecule has 0 amide bonds. The van der Waals surface area contributed by atoms with Crippen LogP contribution in [0, 0.1) is 5.82 Å². The zero-order valence-electron chi connectivity index (χ0n) is 9.54. The Balaban J connectivity index is 3.76. The van der Waals surface area contributed by atoms with Gasteiger partial charge in [0, 0.05) is 0 Å². The van der Waals surface area contributed by atoms with Gasteiger partial charge in [-0.2, -0.15) is 13.2 Å². The van der Waals surface area contributed by atoms with Gasteiger partial charge in [-0.3, -0.25) is 0 Å². The Morgan fingerprint density at radius 2 is 1.59 bits per heavy atom. The molecule has 0 saturated heterocycles. The molecule has 0 aliphatic rings. The van der Waals surface area contributed by atoms with Crippen molar-refractivity contribution in [3.05, 3.63) is 28.0 Å². The van der Waals surface area contributed by atoms with E-state index in [0.29, 0.717) is 6.07 Å². The topological polar surface area (TPSA) is 26.0 Å². The molecule has 0 spiro atoms. The first-order chi connectivity index (χ1) is 7.46. The van der Waals surface area contributed by atoms with Crippen molar-refractivity contribution in [3.8, 4) is 0 Å². The highest BCUT2D eigenvalue weighted by atomic mass is 35.5. The molecule has 0 fully saturated rings. The van der Waals surface area contributed by atoms with Crippen molar-refractivity contribution in [2.75, 3.05) is 5.73 Å². The highest BCUT2D eigenvalue weighted by Crippen LogP contribution is 2.44. The lowest BCUT2D eigenvalue weighted by atomic mass is 9.83. The van der Waals surface area contributed by atoms with Crippen LogP contribution in [-0.2, 0) is 11.6 Å². The fourth-order valence-corrected chi connectivity index (χ4v) is 2.06. The third-order valence-corrected chi connectivity index (χ3v) is 2.68. The van der Waals surface area contributed by atoms with Gasteiger partial charge in [0.15, 0.2) is 0 Å². The first kappa shape index (κ1) is 14.1. The zero-order valence-corrected chi connectivity index (χ0v) is 10.3. The Morgan fingerprint density at radius 1 is 1.12 bits per heavy atom. The number of alkyl halides is 3. The van der Waals surface area contributed by atoms with Crippen LogP contribution in [-0.4, -0.2) is 0 Å². The van der Waals surface area contributed by atoms with Gasteiger partial charge in [0.2, 0.25) is 0 Å². The number of anilines is 1. The van der Waals surface area contributed by atoms with Crippen LogP contribution < -0.4 is 5.73 Å². The van der Waals surface area contributed by atoms with Crippen molar-refractivity contribution in [2.24, 2.45) is 0 Å². The van der Waals surface area contributed by atoms with E-state index >= 15 is 0 Å². The fraction of sp³-hybridized carbons (Fsp3) is 0.455. The normalized spacial score (nSPS) is 12.9. The lowest BCUT2D eigenvalue weighted by Crippen LogP contribution is -2.22. The van der Waals surface area contributed by atoms with Gasteiger partial charge in [-0.05, 0) is 17.0 Å². The first-order valence-electron chi connectivity index (χ1n) is 4.81. The summed E-state index contributed by atoms with van der Waals surface area (Å²) in [5, 5.41) is -0.244. The minimum atomic E-state index is -4.80. The average Bonchev–Trinajstić information content (AvgIpc) is 2.06. The molecule has 1 aromatic rings. The number of benzene rings is 1. The Bertz CT molecular complexity index is 446. The number of hydrogen-bond acceptors (Lipinski definition) is 1. The van der Waals surface area contributed by atoms with Gasteiger partial charge in [0.05, 0.1) is 16.3 Å². The van der Waals surface area contributed by atoms with Gasteiger partial charge in [-0.1, -0.05) is 32.4 Å². The predicted octanol–water partition coefficient (Wildman–Crippen LogP) is 4.38. The van der Waals surface area contributed by atoms with Crippen molar-refractivity contribution in [1.29, 1.82) is 0 Å². The molecule has 1 rings (SSSR count). The summed E-state index contributed by atoms with van der Waals surface area (Å²) in [6.45, 7) is 4.55. The van der Waals surface area contributed by atoms with Gasteiger partial charge in [-0.15, -0.1) is 0 Å². The number of halogens is 5. The molecular formula is C11H12ClF4N. The number of nitrogen functional groups attached to an aromatic ring is 1. The minimum Gasteiger partial charge on any atom is -0.397 e. The second-order valence-electron chi connectivity index (χ2n) is 4.76. The maximum atomic E-state index is 13.5. The van der Waals surface area contributed by atoms with E-state index in [1.54, 1.807) is 0 Å². The Kier molecular flexibility index (Phi) is 3.36. The van der Waals surface area contributed by atoms with Gasteiger partial charge in [0.25, 0.3) is 0 Å². The van der Waals surface area contributed by atoms with E-state index in [1.165, 1.54) is 20.8 Å². The quantitative estimate of drug-likeness (QED) is 0.549. The lowest BCUT2D eigenvalue weighted by molar-refractivity contribution is -0.141. The Labute approximate surface area is 102 Å². The summed E-state index contributed by atoms with van der Waals surface area (Å²) in [6, 6.07) is 0.598. The SMILES string of the molecule is CC(C)(C)c1c(Cl)c(N)cc(F)c1C(F)(F)F. The molecule has 0 radical (unpaired) electrons. The van der Waals surface area contributed by atoms with Gasteiger partial charge in [-0.25, -0.2) is 4.39 Å². The molecule has 0 saturated carbocycles. The molecule has 0 heterocycles. The maximum absolute atomic E-state index is 13.5. The zero-order chi connectivity index (χ0) is 13.6. The largest absolute Gasteiger partial charge is 0.419 e. The number of hydrogen-bond donors (Lipinski definition) is 1. The van der Waals surface area contributed by atoms with Crippen molar-refractivity contribution in [1.82, 2.24) is 0 Å². The summed E-state index contributed by atoms with van der Waals surface area (Å²) >= 11 is 5.77. The molecule has 2 N–H and O–H groups in total. The third kappa shape index (κ3) is 2.65. The summed E-state index contributed by atoms with van der Waals surface area (Å²) in [4.78, 5) is 0.